The summed E-state index contributed by atoms with van der Waals surface area (Å²) in [6, 6.07) is 0. The van der Waals surface area contributed by atoms with Crippen molar-refractivity contribution in [3.8, 4) is 0 Å². The first-order valence-electron chi connectivity index (χ1n) is 3.89. The van der Waals surface area contributed by atoms with Crippen LogP contribution < -0.4 is 10.2 Å². The van der Waals surface area contributed by atoms with Crippen molar-refractivity contribution in [1.29, 1.82) is 0 Å². The van der Waals surface area contributed by atoms with Gasteiger partial charge in [0.05, 0.1) is 18.9 Å². The van der Waals surface area contributed by atoms with Crippen molar-refractivity contribution in [3.05, 3.63) is 17.5 Å². The molecule has 0 spiro atoms. The van der Waals surface area contributed by atoms with E-state index in [0.717, 1.165) is 4.90 Å². The molecule has 1 aromatic heterocycles. The Morgan fingerprint density at radius 3 is 2.86 bits per heavy atom. The van der Waals surface area contributed by atoms with Crippen molar-refractivity contribution in [1.82, 2.24) is 15.3 Å². The van der Waals surface area contributed by atoms with Gasteiger partial charge in [0, 0.05) is 0 Å². The summed E-state index contributed by atoms with van der Waals surface area (Å²) in [6.07, 6.45) is 1.60. The van der Waals surface area contributed by atoms with Crippen LogP contribution in [0.2, 0.25) is 5.15 Å². The molecule has 0 bridgehead atoms. The van der Waals surface area contributed by atoms with Crippen LogP contribution in [0.4, 0.5) is 5.82 Å². The standard InChI is InChI=1S/C7H7ClN4O2/c8-4-1-10-5(2-9-4)12-6(13)3-11-7(12)14/h1-2,7,11,14H,3H2. The van der Waals surface area contributed by atoms with Gasteiger partial charge in [0.1, 0.15) is 5.15 Å². The molecular formula is C7H7ClN4O2. The number of aliphatic hydroxyl groups excluding tert-OH is 1. The number of rotatable bonds is 1. The SMILES string of the molecule is O=C1CNC(O)N1c1cnc(Cl)cn1. The minimum Gasteiger partial charge on any atom is -0.360 e. The van der Waals surface area contributed by atoms with E-state index in [4.69, 9.17) is 11.6 Å². The monoisotopic (exact) mass is 214 g/mol. The highest BCUT2D eigenvalue weighted by atomic mass is 35.5. The van der Waals surface area contributed by atoms with E-state index in [9.17, 15) is 9.90 Å². The first kappa shape index (κ1) is 9.32. The van der Waals surface area contributed by atoms with Crippen LogP contribution in [0.5, 0.6) is 0 Å². The minimum absolute atomic E-state index is 0.0888. The molecule has 6 nitrogen and oxygen atoms in total. The second-order valence-corrected chi connectivity index (χ2v) is 3.10. The average Bonchev–Trinajstić information content (AvgIpc) is 2.49. The number of anilines is 1. The third-order valence-corrected chi connectivity index (χ3v) is 2.00. The summed E-state index contributed by atoms with van der Waals surface area (Å²) in [7, 11) is 0. The molecule has 74 valence electrons. The minimum atomic E-state index is -1.04. The number of aromatic nitrogens is 2. The Labute approximate surface area is 84.5 Å². The van der Waals surface area contributed by atoms with Gasteiger partial charge < -0.3 is 5.11 Å². The molecule has 0 saturated carbocycles. The topological polar surface area (TPSA) is 78.4 Å². The highest BCUT2D eigenvalue weighted by Crippen LogP contribution is 2.15. The van der Waals surface area contributed by atoms with E-state index in [-0.39, 0.29) is 23.4 Å². The Morgan fingerprint density at radius 1 is 1.57 bits per heavy atom. The molecule has 7 heteroatoms. The molecule has 0 aromatic carbocycles. The Hall–Kier alpha value is -1.24. The van der Waals surface area contributed by atoms with E-state index >= 15 is 0 Å². The van der Waals surface area contributed by atoms with Crippen LogP contribution in [0.3, 0.4) is 0 Å². The van der Waals surface area contributed by atoms with Crippen molar-refractivity contribution in [2.75, 3.05) is 11.4 Å². The summed E-state index contributed by atoms with van der Waals surface area (Å²) in [4.78, 5) is 20.0. The Balaban J connectivity index is 2.30. The molecule has 1 aromatic rings. The molecule has 2 heterocycles. The van der Waals surface area contributed by atoms with E-state index in [1.54, 1.807) is 0 Å². The molecule has 0 aliphatic carbocycles. The summed E-state index contributed by atoms with van der Waals surface area (Å²) >= 11 is 5.54. The predicted octanol–water partition coefficient (Wildman–Crippen LogP) is -0.658. The predicted molar refractivity (Wildman–Crippen MR) is 48.5 cm³/mol. The van der Waals surface area contributed by atoms with Crippen LogP contribution in [-0.2, 0) is 4.79 Å². The maximum absolute atomic E-state index is 11.3. The van der Waals surface area contributed by atoms with Gasteiger partial charge in [-0.25, -0.2) is 9.97 Å². The molecule has 1 aliphatic heterocycles. The molecule has 0 radical (unpaired) electrons. The molecular weight excluding hydrogens is 208 g/mol. The molecule has 1 aliphatic rings. The van der Waals surface area contributed by atoms with Crippen molar-refractivity contribution >= 4 is 23.3 Å². The number of hydrogen-bond acceptors (Lipinski definition) is 5. The van der Waals surface area contributed by atoms with Crippen LogP contribution in [0.1, 0.15) is 0 Å². The Morgan fingerprint density at radius 2 is 2.36 bits per heavy atom. The van der Waals surface area contributed by atoms with Gasteiger partial charge in [0.2, 0.25) is 5.91 Å². The lowest BCUT2D eigenvalue weighted by molar-refractivity contribution is -0.116. The second kappa shape index (κ2) is 3.49. The molecule has 1 fully saturated rings. The highest BCUT2D eigenvalue weighted by Gasteiger charge is 2.30. The number of nitrogens with zero attached hydrogens (tertiary/aromatic N) is 3. The molecule has 1 atom stereocenters. The maximum atomic E-state index is 11.3. The average molecular weight is 215 g/mol. The van der Waals surface area contributed by atoms with E-state index in [1.165, 1.54) is 12.4 Å². The first-order valence-corrected chi connectivity index (χ1v) is 4.27. The van der Waals surface area contributed by atoms with Gasteiger partial charge in [-0.15, -0.1) is 0 Å². The number of carbonyl (C=O) groups excluding carboxylic acids is 1. The fourth-order valence-corrected chi connectivity index (χ4v) is 1.27. The zero-order chi connectivity index (χ0) is 10.1. The van der Waals surface area contributed by atoms with Gasteiger partial charge in [0.25, 0.3) is 0 Å². The summed E-state index contributed by atoms with van der Waals surface area (Å²) in [5.74, 6) is 0.0195. The number of aliphatic hydroxyl groups is 1. The quantitative estimate of drug-likeness (QED) is 0.649. The van der Waals surface area contributed by atoms with Crippen LogP contribution in [-0.4, -0.2) is 33.9 Å². The van der Waals surface area contributed by atoms with Crippen molar-refractivity contribution < 1.29 is 9.90 Å². The van der Waals surface area contributed by atoms with Crippen LogP contribution in [0.15, 0.2) is 12.4 Å². The van der Waals surface area contributed by atoms with E-state index in [2.05, 4.69) is 15.3 Å². The maximum Gasteiger partial charge on any atom is 0.245 e. The van der Waals surface area contributed by atoms with Crippen molar-refractivity contribution in [2.45, 2.75) is 6.35 Å². The van der Waals surface area contributed by atoms with Gasteiger partial charge >= 0.3 is 0 Å². The van der Waals surface area contributed by atoms with Crippen molar-refractivity contribution in [3.63, 3.8) is 0 Å². The summed E-state index contributed by atoms with van der Waals surface area (Å²) in [5.41, 5.74) is 0. The van der Waals surface area contributed by atoms with E-state index in [1.807, 2.05) is 0 Å². The van der Waals surface area contributed by atoms with Gasteiger partial charge in [-0.05, 0) is 0 Å². The zero-order valence-electron chi connectivity index (χ0n) is 7.01. The lowest BCUT2D eigenvalue weighted by atomic mass is 10.5. The zero-order valence-corrected chi connectivity index (χ0v) is 7.77. The molecule has 1 amide bonds. The summed E-state index contributed by atoms with van der Waals surface area (Å²) < 4.78 is 0. The number of amides is 1. The molecule has 1 saturated heterocycles. The fraction of sp³-hybridized carbons (Fsp3) is 0.286. The van der Waals surface area contributed by atoms with Gasteiger partial charge in [0.15, 0.2) is 12.2 Å². The van der Waals surface area contributed by atoms with E-state index < -0.39 is 6.35 Å². The molecule has 14 heavy (non-hydrogen) atoms. The Kier molecular flexibility index (Phi) is 2.32. The number of nitrogens with one attached hydrogen (secondary N) is 1. The lowest BCUT2D eigenvalue weighted by Crippen LogP contribution is -2.37. The molecule has 2 rings (SSSR count). The van der Waals surface area contributed by atoms with Crippen LogP contribution >= 0.6 is 11.6 Å². The lowest BCUT2D eigenvalue weighted by Gasteiger charge is -2.17. The second-order valence-electron chi connectivity index (χ2n) is 2.72. The summed E-state index contributed by atoms with van der Waals surface area (Å²) in [6.45, 7) is 0.0888. The van der Waals surface area contributed by atoms with Gasteiger partial charge in [-0.3, -0.25) is 15.0 Å². The number of hydrogen-bond donors (Lipinski definition) is 2. The van der Waals surface area contributed by atoms with E-state index in [0.29, 0.717) is 0 Å². The van der Waals surface area contributed by atoms with Gasteiger partial charge in [-0.1, -0.05) is 11.6 Å². The van der Waals surface area contributed by atoms with Crippen LogP contribution in [0, 0.1) is 0 Å². The fourth-order valence-electron chi connectivity index (χ4n) is 1.17. The third-order valence-electron chi connectivity index (χ3n) is 1.80. The number of halogens is 1. The van der Waals surface area contributed by atoms with Crippen molar-refractivity contribution in [2.24, 2.45) is 0 Å². The normalized spacial score (nSPS) is 21.7. The molecule has 2 N–H and O–H groups in total. The summed E-state index contributed by atoms with van der Waals surface area (Å²) in [5, 5.41) is 12.2. The first-order chi connectivity index (χ1) is 6.68. The largest absolute Gasteiger partial charge is 0.360 e. The number of carbonyl (C=O) groups is 1. The van der Waals surface area contributed by atoms with Gasteiger partial charge in [-0.2, -0.15) is 0 Å². The van der Waals surface area contributed by atoms with Crippen LogP contribution in [0.25, 0.3) is 0 Å². The Bertz CT molecular complexity index is 355. The molecule has 1 unspecified atom stereocenters. The smallest absolute Gasteiger partial charge is 0.245 e. The third kappa shape index (κ3) is 1.54. The highest BCUT2D eigenvalue weighted by molar-refractivity contribution is 6.29.